The Labute approximate surface area is 173 Å². The van der Waals surface area contributed by atoms with Gasteiger partial charge in [-0.1, -0.05) is 41.1 Å². The van der Waals surface area contributed by atoms with E-state index in [9.17, 15) is 9.59 Å². The number of anilines is 1. The van der Waals surface area contributed by atoms with Crippen molar-refractivity contribution in [2.24, 2.45) is 0 Å². The molecule has 28 heavy (non-hydrogen) atoms. The number of hydrogen-bond donors (Lipinski definition) is 2. The van der Waals surface area contributed by atoms with Gasteiger partial charge in [0.25, 0.3) is 5.91 Å². The average Bonchev–Trinajstić information content (AvgIpc) is 2.63. The highest BCUT2D eigenvalue weighted by Gasteiger charge is 2.05. The second-order valence-corrected chi connectivity index (χ2v) is 6.34. The highest BCUT2D eigenvalue weighted by atomic mass is 35.5. The number of nitrogens with one attached hydrogen (secondary N) is 2. The number of amides is 2. The maximum Gasteiger partial charge on any atom is 0.258 e. The zero-order valence-corrected chi connectivity index (χ0v) is 16.6. The summed E-state index contributed by atoms with van der Waals surface area (Å²) in [5.74, 6) is 6.03. The Hall–Kier alpha value is -2.88. The molecule has 8 heteroatoms. The maximum absolute atomic E-state index is 11.7. The predicted octanol–water partition coefficient (Wildman–Crippen LogP) is 3.53. The molecule has 2 amide bonds. The van der Waals surface area contributed by atoms with Gasteiger partial charge in [0.05, 0.1) is 11.6 Å². The summed E-state index contributed by atoms with van der Waals surface area (Å²) < 4.78 is 10.8. The molecule has 0 aliphatic carbocycles. The quantitative estimate of drug-likeness (QED) is 0.671. The molecule has 0 atom stereocenters. The molecular formula is C20H18Cl2N2O4. The number of halogens is 2. The standard InChI is InChI=1S/C20H18Cl2N2O4/c1-14(25)24-16-5-4-6-17(12-16)27-10-3-2-9-23-20(26)13-28-19-8-7-15(21)11-18(19)22/h4-8,11-12H,9-10,13H2,1H3,(H,23,26)(H,24,25). The number of rotatable bonds is 7. The van der Waals surface area contributed by atoms with Crippen molar-refractivity contribution in [1.29, 1.82) is 0 Å². The summed E-state index contributed by atoms with van der Waals surface area (Å²) >= 11 is 11.8. The Morgan fingerprint density at radius 3 is 2.64 bits per heavy atom. The van der Waals surface area contributed by atoms with Crippen molar-refractivity contribution in [3.8, 4) is 23.3 Å². The van der Waals surface area contributed by atoms with E-state index in [1.54, 1.807) is 36.4 Å². The van der Waals surface area contributed by atoms with Crippen molar-refractivity contribution in [3.05, 3.63) is 52.5 Å². The van der Waals surface area contributed by atoms with E-state index in [4.69, 9.17) is 32.7 Å². The van der Waals surface area contributed by atoms with E-state index in [-0.39, 0.29) is 31.6 Å². The number of hydrogen-bond acceptors (Lipinski definition) is 4. The first kappa shape index (κ1) is 21.4. The molecule has 0 radical (unpaired) electrons. The molecule has 2 aromatic rings. The molecule has 0 spiro atoms. The molecule has 0 aliphatic heterocycles. The van der Waals surface area contributed by atoms with Crippen LogP contribution in [0.4, 0.5) is 5.69 Å². The lowest BCUT2D eigenvalue weighted by atomic mass is 10.3. The van der Waals surface area contributed by atoms with E-state index < -0.39 is 0 Å². The topological polar surface area (TPSA) is 76.7 Å². The van der Waals surface area contributed by atoms with Gasteiger partial charge in [0.2, 0.25) is 5.91 Å². The second-order valence-electron chi connectivity index (χ2n) is 5.49. The minimum atomic E-state index is -0.329. The predicted molar refractivity (Wildman–Crippen MR) is 109 cm³/mol. The molecule has 2 rings (SSSR count). The summed E-state index contributed by atoms with van der Waals surface area (Å²) in [5, 5.41) is 6.09. The summed E-state index contributed by atoms with van der Waals surface area (Å²) in [5.41, 5.74) is 0.644. The fourth-order valence-corrected chi connectivity index (χ4v) is 2.49. The van der Waals surface area contributed by atoms with E-state index >= 15 is 0 Å². The number of ether oxygens (including phenoxy) is 2. The SMILES string of the molecule is CC(=O)Nc1cccc(OCC#CCNC(=O)COc2ccc(Cl)cc2Cl)c1. The van der Waals surface area contributed by atoms with Gasteiger partial charge in [-0.05, 0) is 30.3 Å². The lowest BCUT2D eigenvalue weighted by molar-refractivity contribution is -0.122. The van der Waals surface area contributed by atoms with Crippen LogP contribution in [0.25, 0.3) is 0 Å². The Balaban J connectivity index is 1.67. The molecule has 0 fully saturated rings. The third-order valence-corrected chi connectivity index (χ3v) is 3.75. The minimum Gasteiger partial charge on any atom is -0.482 e. The van der Waals surface area contributed by atoms with Gasteiger partial charge in [-0.2, -0.15) is 0 Å². The third-order valence-electron chi connectivity index (χ3n) is 3.22. The van der Waals surface area contributed by atoms with Crippen molar-refractivity contribution in [3.63, 3.8) is 0 Å². The average molecular weight is 421 g/mol. The van der Waals surface area contributed by atoms with Crippen LogP contribution in [0.1, 0.15) is 6.92 Å². The summed E-state index contributed by atoms with van der Waals surface area (Å²) in [4.78, 5) is 22.8. The molecule has 0 saturated heterocycles. The van der Waals surface area contributed by atoms with Crippen LogP contribution >= 0.6 is 23.2 Å². The third kappa shape index (κ3) is 7.78. The van der Waals surface area contributed by atoms with Crippen LogP contribution in [0.3, 0.4) is 0 Å². The second kappa shape index (κ2) is 11.1. The van der Waals surface area contributed by atoms with Crippen LogP contribution in [0, 0.1) is 11.8 Å². The van der Waals surface area contributed by atoms with Gasteiger partial charge in [-0.25, -0.2) is 0 Å². The molecule has 2 aromatic carbocycles. The lowest BCUT2D eigenvalue weighted by Gasteiger charge is -2.07. The van der Waals surface area contributed by atoms with Gasteiger partial charge in [-0.3, -0.25) is 9.59 Å². The highest BCUT2D eigenvalue weighted by Crippen LogP contribution is 2.27. The largest absolute Gasteiger partial charge is 0.482 e. The lowest BCUT2D eigenvalue weighted by Crippen LogP contribution is -2.29. The smallest absolute Gasteiger partial charge is 0.258 e. The summed E-state index contributed by atoms with van der Waals surface area (Å²) in [6.07, 6.45) is 0. The minimum absolute atomic E-state index is 0.149. The fraction of sp³-hybridized carbons (Fsp3) is 0.200. The van der Waals surface area contributed by atoms with E-state index in [1.807, 2.05) is 0 Å². The fourth-order valence-electron chi connectivity index (χ4n) is 2.03. The first-order chi connectivity index (χ1) is 13.4. The van der Waals surface area contributed by atoms with Gasteiger partial charge in [0, 0.05) is 23.7 Å². The van der Waals surface area contributed by atoms with Crippen molar-refractivity contribution < 1.29 is 19.1 Å². The summed E-state index contributed by atoms with van der Waals surface area (Å²) in [6, 6.07) is 11.7. The molecule has 6 nitrogen and oxygen atoms in total. The Kier molecular flexibility index (Phi) is 8.47. The maximum atomic E-state index is 11.7. The first-order valence-electron chi connectivity index (χ1n) is 8.25. The molecule has 2 N–H and O–H groups in total. The van der Waals surface area contributed by atoms with Crippen molar-refractivity contribution in [2.75, 3.05) is 25.1 Å². The normalized spacial score (nSPS) is 9.68. The van der Waals surface area contributed by atoms with Crippen molar-refractivity contribution in [2.45, 2.75) is 6.92 Å². The van der Waals surface area contributed by atoms with Gasteiger partial charge >= 0.3 is 0 Å². The monoisotopic (exact) mass is 420 g/mol. The zero-order valence-electron chi connectivity index (χ0n) is 15.1. The Bertz CT molecular complexity index is 907. The van der Waals surface area contributed by atoms with Crippen molar-refractivity contribution >= 4 is 40.7 Å². The van der Waals surface area contributed by atoms with E-state index in [0.29, 0.717) is 27.2 Å². The Morgan fingerprint density at radius 2 is 1.89 bits per heavy atom. The van der Waals surface area contributed by atoms with Gasteiger partial charge in [0.1, 0.15) is 18.1 Å². The molecule has 0 unspecified atom stereocenters. The van der Waals surface area contributed by atoms with Crippen LogP contribution < -0.4 is 20.1 Å². The molecular weight excluding hydrogens is 403 g/mol. The molecule has 146 valence electrons. The highest BCUT2D eigenvalue weighted by molar-refractivity contribution is 6.35. The number of benzene rings is 2. The summed E-state index contributed by atoms with van der Waals surface area (Å²) in [7, 11) is 0. The van der Waals surface area contributed by atoms with E-state index in [2.05, 4.69) is 22.5 Å². The van der Waals surface area contributed by atoms with Crippen LogP contribution in [0.15, 0.2) is 42.5 Å². The number of carbonyl (C=O) groups is 2. The van der Waals surface area contributed by atoms with Crippen LogP contribution in [0.5, 0.6) is 11.5 Å². The molecule has 0 heterocycles. The van der Waals surface area contributed by atoms with Gasteiger partial charge in [0.15, 0.2) is 6.61 Å². The first-order valence-corrected chi connectivity index (χ1v) is 9.00. The van der Waals surface area contributed by atoms with E-state index in [0.717, 1.165) is 0 Å². The number of carbonyl (C=O) groups excluding carboxylic acids is 2. The zero-order chi connectivity index (χ0) is 20.4. The molecule has 0 saturated carbocycles. The van der Waals surface area contributed by atoms with Crippen LogP contribution in [0.2, 0.25) is 10.0 Å². The van der Waals surface area contributed by atoms with Crippen molar-refractivity contribution in [1.82, 2.24) is 5.32 Å². The summed E-state index contributed by atoms with van der Waals surface area (Å²) in [6.45, 7) is 1.56. The van der Waals surface area contributed by atoms with E-state index in [1.165, 1.54) is 13.0 Å². The van der Waals surface area contributed by atoms with Crippen LogP contribution in [-0.4, -0.2) is 31.6 Å². The van der Waals surface area contributed by atoms with Crippen LogP contribution in [-0.2, 0) is 9.59 Å². The molecule has 0 bridgehead atoms. The molecule has 0 aliphatic rings. The van der Waals surface area contributed by atoms with Gasteiger partial charge < -0.3 is 20.1 Å². The molecule has 0 aromatic heterocycles. The Morgan fingerprint density at radius 1 is 1.07 bits per heavy atom. The van der Waals surface area contributed by atoms with Gasteiger partial charge in [-0.15, -0.1) is 0 Å².